The second-order valence-electron chi connectivity index (χ2n) is 5.26. The van der Waals surface area contributed by atoms with E-state index in [-0.39, 0.29) is 35.9 Å². The largest absolute Gasteiger partial charge is 0.466 e. The Kier molecular flexibility index (Phi) is 8.97. The molecular weight excluding hydrogens is 409 g/mol. The summed E-state index contributed by atoms with van der Waals surface area (Å²) >= 11 is 0. The fraction of sp³-hybridized carbons (Fsp3) is 0.667. The van der Waals surface area contributed by atoms with E-state index in [1.807, 2.05) is 23.9 Å². The van der Waals surface area contributed by atoms with Gasteiger partial charge in [0.25, 0.3) is 0 Å². The van der Waals surface area contributed by atoms with Crippen molar-refractivity contribution in [3.8, 4) is 0 Å². The number of aliphatic imine (C=N–C) groups is 1. The van der Waals surface area contributed by atoms with Crippen LogP contribution in [0.4, 0.5) is 0 Å². The molecule has 1 aliphatic rings. The molecule has 1 saturated heterocycles. The van der Waals surface area contributed by atoms with E-state index >= 15 is 0 Å². The Morgan fingerprint density at radius 3 is 2.74 bits per heavy atom. The molecule has 0 unspecified atom stereocenters. The third-order valence-electron chi connectivity index (χ3n) is 3.81. The maximum Gasteiger partial charge on any atom is 0.309 e. The molecular formula is C15H26IN5O2. The van der Waals surface area contributed by atoms with Crippen LogP contribution in [0.1, 0.15) is 19.8 Å². The number of carbonyl (C=O) groups is 1. The van der Waals surface area contributed by atoms with Gasteiger partial charge >= 0.3 is 5.97 Å². The highest BCUT2D eigenvalue weighted by Gasteiger charge is 2.27. The quantitative estimate of drug-likeness (QED) is 0.327. The van der Waals surface area contributed by atoms with Crippen LogP contribution in [0.15, 0.2) is 23.5 Å². The molecule has 0 spiro atoms. The van der Waals surface area contributed by atoms with Crippen LogP contribution in [-0.4, -0.2) is 59.9 Å². The minimum absolute atomic E-state index is 0. The number of hydrogen-bond donors (Lipinski definition) is 1. The van der Waals surface area contributed by atoms with E-state index in [0.29, 0.717) is 6.61 Å². The van der Waals surface area contributed by atoms with Crippen molar-refractivity contribution in [2.75, 3.05) is 33.3 Å². The third kappa shape index (κ3) is 6.00. The predicted octanol–water partition coefficient (Wildman–Crippen LogP) is 1.35. The molecule has 7 nitrogen and oxygen atoms in total. The third-order valence-corrected chi connectivity index (χ3v) is 3.81. The second kappa shape index (κ2) is 10.5. The topological polar surface area (TPSA) is 71.8 Å². The number of hydrogen-bond acceptors (Lipinski definition) is 4. The highest BCUT2D eigenvalue weighted by Crippen LogP contribution is 2.18. The lowest BCUT2D eigenvalue weighted by Crippen LogP contribution is -2.47. The van der Waals surface area contributed by atoms with E-state index in [9.17, 15) is 4.79 Å². The highest BCUT2D eigenvalue weighted by molar-refractivity contribution is 14.0. The number of aromatic nitrogens is 2. The summed E-state index contributed by atoms with van der Waals surface area (Å²) in [6.07, 6.45) is 5.35. The number of guanidine groups is 1. The Morgan fingerprint density at radius 1 is 1.43 bits per heavy atom. The SMILES string of the molecule is CCOC(=O)C1CCN(C(=NC)NCCn2cccn2)CC1.I. The lowest BCUT2D eigenvalue weighted by atomic mass is 9.97. The maximum absolute atomic E-state index is 11.8. The van der Waals surface area contributed by atoms with Gasteiger partial charge in [-0.2, -0.15) is 5.10 Å². The van der Waals surface area contributed by atoms with Gasteiger partial charge in [-0.1, -0.05) is 0 Å². The van der Waals surface area contributed by atoms with Crippen LogP contribution < -0.4 is 5.32 Å². The van der Waals surface area contributed by atoms with Gasteiger partial charge in [-0.25, -0.2) is 0 Å². The molecule has 2 rings (SSSR count). The minimum atomic E-state index is -0.0659. The van der Waals surface area contributed by atoms with Gasteiger partial charge < -0.3 is 15.0 Å². The molecule has 23 heavy (non-hydrogen) atoms. The Bertz CT molecular complexity index is 484. The van der Waals surface area contributed by atoms with Crippen molar-refractivity contribution in [3.63, 3.8) is 0 Å². The Morgan fingerprint density at radius 2 is 2.17 bits per heavy atom. The first-order valence-corrected chi connectivity index (χ1v) is 7.84. The van der Waals surface area contributed by atoms with E-state index in [0.717, 1.165) is 45.0 Å². The molecule has 0 saturated carbocycles. The van der Waals surface area contributed by atoms with Crippen LogP contribution in [0, 0.1) is 5.92 Å². The van der Waals surface area contributed by atoms with Crippen molar-refractivity contribution in [1.29, 1.82) is 0 Å². The highest BCUT2D eigenvalue weighted by atomic mass is 127. The molecule has 0 atom stereocenters. The smallest absolute Gasteiger partial charge is 0.309 e. The molecule has 0 aromatic carbocycles. The van der Waals surface area contributed by atoms with E-state index in [4.69, 9.17) is 4.74 Å². The fourth-order valence-corrected chi connectivity index (χ4v) is 2.63. The predicted molar refractivity (Wildman–Crippen MR) is 99.9 cm³/mol. The summed E-state index contributed by atoms with van der Waals surface area (Å²) in [5.74, 6) is 0.844. The van der Waals surface area contributed by atoms with E-state index < -0.39 is 0 Å². The first kappa shape index (κ1) is 19.7. The second-order valence-corrected chi connectivity index (χ2v) is 5.26. The number of piperidine rings is 1. The van der Waals surface area contributed by atoms with Crippen LogP contribution in [0.2, 0.25) is 0 Å². The molecule has 2 heterocycles. The zero-order valence-electron chi connectivity index (χ0n) is 13.8. The van der Waals surface area contributed by atoms with E-state index in [1.54, 1.807) is 13.2 Å². The minimum Gasteiger partial charge on any atom is -0.466 e. The molecule has 8 heteroatoms. The van der Waals surface area contributed by atoms with Crippen LogP contribution in [0.25, 0.3) is 0 Å². The zero-order valence-corrected chi connectivity index (χ0v) is 16.1. The fourth-order valence-electron chi connectivity index (χ4n) is 2.63. The molecule has 1 aromatic rings. The lowest BCUT2D eigenvalue weighted by molar-refractivity contribution is -0.149. The van der Waals surface area contributed by atoms with Crippen molar-refractivity contribution in [2.24, 2.45) is 10.9 Å². The normalized spacial score (nSPS) is 15.9. The molecule has 1 aromatic heterocycles. The van der Waals surface area contributed by atoms with Crippen molar-refractivity contribution in [2.45, 2.75) is 26.3 Å². The number of esters is 1. The zero-order chi connectivity index (χ0) is 15.8. The van der Waals surface area contributed by atoms with E-state index in [2.05, 4.69) is 20.3 Å². The van der Waals surface area contributed by atoms with Gasteiger partial charge in [0.2, 0.25) is 0 Å². The molecule has 0 aliphatic carbocycles. The standard InChI is InChI=1S/C15H25N5O2.HI/c1-3-22-14(21)13-5-10-19(11-6-13)15(16-2)17-8-12-20-9-4-7-18-20;/h4,7,9,13H,3,5-6,8,10-12H2,1-2H3,(H,16,17);1H. The summed E-state index contributed by atoms with van der Waals surface area (Å²) in [5, 5.41) is 7.52. The van der Waals surface area contributed by atoms with Gasteiger partial charge in [0, 0.05) is 39.1 Å². The van der Waals surface area contributed by atoms with Crippen molar-refractivity contribution >= 4 is 35.9 Å². The van der Waals surface area contributed by atoms with Gasteiger partial charge in [-0.3, -0.25) is 14.5 Å². The molecule has 0 amide bonds. The first-order valence-electron chi connectivity index (χ1n) is 7.84. The van der Waals surface area contributed by atoms with Gasteiger partial charge in [-0.15, -0.1) is 24.0 Å². The summed E-state index contributed by atoms with van der Waals surface area (Å²) in [7, 11) is 1.79. The first-order chi connectivity index (χ1) is 10.7. The number of ether oxygens (including phenoxy) is 1. The number of nitrogens with one attached hydrogen (secondary N) is 1. The van der Waals surface area contributed by atoms with Crippen LogP contribution in [-0.2, 0) is 16.1 Å². The average Bonchev–Trinajstić information content (AvgIpc) is 3.05. The number of halogens is 1. The van der Waals surface area contributed by atoms with E-state index in [1.165, 1.54) is 0 Å². The summed E-state index contributed by atoms with van der Waals surface area (Å²) in [6.45, 7) is 5.52. The summed E-state index contributed by atoms with van der Waals surface area (Å²) in [4.78, 5) is 18.3. The Hall–Kier alpha value is -1.32. The Balaban J connectivity index is 0.00000264. The number of rotatable bonds is 5. The van der Waals surface area contributed by atoms with Gasteiger partial charge in [0.1, 0.15) is 0 Å². The average molecular weight is 435 g/mol. The van der Waals surface area contributed by atoms with Crippen LogP contribution >= 0.6 is 24.0 Å². The summed E-state index contributed by atoms with van der Waals surface area (Å²) in [5.41, 5.74) is 0. The van der Waals surface area contributed by atoms with Gasteiger partial charge in [0.05, 0.1) is 19.1 Å². The molecule has 0 bridgehead atoms. The number of nitrogens with zero attached hydrogens (tertiary/aromatic N) is 4. The van der Waals surface area contributed by atoms with Crippen LogP contribution in [0.5, 0.6) is 0 Å². The monoisotopic (exact) mass is 435 g/mol. The van der Waals surface area contributed by atoms with Crippen molar-refractivity contribution in [1.82, 2.24) is 20.0 Å². The molecule has 1 fully saturated rings. The summed E-state index contributed by atoms with van der Waals surface area (Å²) in [6, 6.07) is 1.91. The van der Waals surface area contributed by atoms with Crippen molar-refractivity contribution < 1.29 is 9.53 Å². The Labute approximate surface area is 154 Å². The molecule has 130 valence electrons. The van der Waals surface area contributed by atoms with Gasteiger partial charge in [0.15, 0.2) is 5.96 Å². The molecule has 1 N–H and O–H groups in total. The maximum atomic E-state index is 11.8. The molecule has 0 radical (unpaired) electrons. The lowest BCUT2D eigenvalue weighted by Gasteiger charge is -2.33. The molecule has 1 aliphatic heterocycles. The summed E-state index contributed by atoms with van der Waals surface area (Å²) < 4.78 is 6.98. The van der Waals surface area contributed by atoms with Crippen LogP contribution in [0.3, 0.4) is 0 Å². The van der Waals surface area contributed by atoms with Gasteiger partial charge in [-0.05, 0) is 25.8 Å². The van der Waals surface area contributed by atoms with Crippen molar-refractivity contribution in [3.05, 3.63) is 18.5 Å². The number of carbonyl (C=O) groups excluding carboxylic acids is 1. The number of likely N-dealkylation sites (tertiary alicyclic amines) is 1.